The first-order valence-corrected chi connectivity index (χ1v) is 5.74. The third kappa shape index (κ3) is 3.00. The lowest BCUT2D eigenvalue weighted by Gasteiger charge is -2.29. The van der Waals surface area contributed by atoms with Crippen LogP contribution < -0.4 is 4.90 Å². The second-order valence-corrected chi connectivity index (χ2v) is 4.40. The van der Waals surface area contributed by atoms with Crippen LogP contribution in [0.25, 0.3) is 0 Å². The minimum Gasteiger partial charge on any atom is -0.392 e. The van der Waals surface area contributed by atoms with Crippen molar-refractivity contribution in [2.24, 2.45) is 0 Å². The van der Waals surface area contributed by atoms with Crippen LogP contribution in [0, 0.1) is 0 Å². The summed E-state index contributed by atoms with van der Waals surface area (Å²) in [7, 11) is 0. The van der Waals surface area contributed by atoms with Gasteiger partial charge in [0.15, 0.2) is 0 Å². The van der Waals surface area contributed by atoms with Crippen molar-refractivity contribution in [1.29, 1.82) is 0 Å². The topological polar surface area (TPSA) is 23.5 Å². The number of nitrogens with zero attached hydrogens (tertiary/aromatic N) is 1. The lowest BCUT2D eigenvalue weighted by molar-refractivity contribution is 0.282. The molecule has 1 aromatic carbocycles. The van der Waals surface area contributed by atoms with Crippen molar-refractivity contribution in [3.8, 4) is 0 Å². The van der Waals surface area contributed by atoms with Gasteiger partial charge in [-0.25, -0.2) is 0 Å². The lowest BCUT2D eigenvalue weighted by Crippen LogP contribution is -2.31. The van der Waals surface area contributed by atoms with E-state index in [-0.39, 0.29) is 6.61 Å². The molecule has 0 fully saturated rings. The van der Waals surface area contributed by atoms with E-state index in [2.05, 4.69) is 25.3 Å². The summed E-state index contributed by atoms with van der Waals surface area (Å²) in [6.07, 6.45) is 1.85. The highest BCUT2D eigenvalue weighted by Crippen LogP contribution is 2.26. The summed E-state index contributed by atoms with van der Waals surface area (Å²) in [6.45, 7) is 8.72. The van der Waals surface area contributed by atoms with Gasteiger partial charge in [-0.3, -0.25) is 0 Å². The molecular formula is C13H18ClNO. The predicted octanol–water partition coefficient (Wildman–Crippen LogP) is 3.23. The fraction of sp³-hybridized carbons (Fsp3) is 0.385. The van der Waals surface area contributed by atoms with Crippen molar-refractivity contribution < 1.29 is 5.11 Å². The Labute approximate surface area is 102 Å². The average molecular weight is 240 g/mol. The Balaban J connectivity index is 3.15. The zero-order chi connectivity index (χ0) is 12.1. The Hall–Kier alpha value is -0.990. The maximum absolute atomic E-state index is 9.31. The van der Waals surface area contributed by atoms with Crippen LogP contribution in [0.15, 0.2) is 30.9 Å². The van der Waals surface area contributed by atoms with Gasteiger partial charge >= 0.3 is 0 Å². The standard InChI is InChI=1S/C13H18ClNO/c1-4-7-15(10(2)3)13-8-12(14)6-5-11(13)9-16/h4-6,8,10,16H,1,7,9H2,2-3H3. The molecule has 0 aliphatic heterocycles. The van der Waals surface area contributed by atoms with Crippen molar-refractivity contribution in [2.45, 2.75) is 26.5 Å². The highest BCUT2D eigenvalue weighted by molar-refractivity contribution is 6.30. The van der Waals surface area contributed by atoms with Crippen LogP contribution in [0.3, 0.4) is 0 Å². The molecule has 16 heavy (non-hydrogen) atoms. The SMILES string of the molecule is C=CCN(c1cc(Cl)ccc1CO)C(C)C. The van der Waals surface area contributed by atoms with Crippen molar-refractivity contribution in [2.75, 3.05) is 11.4 Å². The summed E-state index contributed by atoms with van der Waals surface area (Å²) in [4.78, 5) is 2.16. The van der Waals surface area contributed by atoms with E-state index in [0.717, 1.165) is 17.8 Å². The Morgan fingerprint density at radius 2 is 2.19 bits per heavy atom. The van der Waals surface area contributed by atoms with Gasteiger partial charge in [-0.05, 0) is 26.0 Å². The van der Waals surface area contributed by atoms with Crippen molar-refractivity contribution in [3.05, 3.63) is 41.4 Å². The van der Waals surface area contributed by atoms with Gasteiger partial charge in [-0.1, -0.05) is 23.7 Å². The highest BCUT2D eigenvalue weighted by atomic mass is 35.5. The van der Waals surface area contributed by atoms with Crippen LogP contribution in [0.4, 0.5) is 5.69 Å². The second-order valence-electron chi connectivity index (χ2n) is 3.97. The van der Waals surface area contributed by atoms with E-state index >= 15 is 0 Å². The van der Waals surface area contributed by atoms with Crippen molar-refractivity contribution in [1.82, 2.24) is 0 Å². The minimum absolute atomic E-state index is 0.0207. The normalized spacial score (nSPS) is 10.6. The summed E-state index contributed by atoms with van der Waals surface area (Å²) in [5.41, 5.74) is 1.87. The summed E-state index contributed by atoms with van der Waals surface area (Å²) in [5.74, 6) is 0. The third-order valence-electron chi connectivity index (χ3n) is 2.48. The molecule has 88 valence electrons. The molecule has 0 saturated heterocycles. The molecule has 1 rings (SSSR count). The van der Waals surface area contributed by atoms with Crippen LogP contribution in [-0.2, 0) is 6.61 Å². The maximum atomic E-state index is 9.31. The van der Waals surface area contributed by atoms with Crippen LogP contribution in [-0.4, -0.2) is 17.7 Å². The molecule has 0 amide bonds. The Kier molecular flexibility index (Phi) is 4.84. The van der Waals surface area contributed by atoms with Gasteiger partial charge in [-0.2, -0.15) is 0 Å². The molecule has 2 nitrogen and oxygen atoms in total. The highest BCUT2D eigenvalue weighted by Gasteiger charge is 2.13. The number of aliphatic hydroxyl groups is 1. The fourth-order valence-electron chi connectivity index (χ4n) is 1.66. The zero-order valence-corrected chi connectivity index (χ0v) is 10.5. The first kappa shape index (κ1) is 13.1. The molecule has 0 bridgehead atoms. The molecular weight excluding hydrogens is 222 g/mol. The molecule has 0 unspecified atom stereocenters. The maximum Gasteiger partial charge on any atom is 0.0702 e. The number of hydrogen-bond donors (Lipinski definition) is 1. The van der Waals surface area contributed by atoms with Gasteiger partial charge in [0.05, 0.1) is 6.61 Å². The van der Waals surface area contributed by atoms with E-state index in [1.165, 1.54) is 0 Å². The number of hydrogen-bond acceptors (Lipinski definition) is 2. The number of benzene rings is 1. The minimum atomic E-state index is 0.0207. The molecule has 0 heterocycles. The molecule has 0 atom stereocenters. The monoisotopic (exact) mass is 239 g/mol. The number of halogens is 1. The molecule has 0 aromatic heterocycles. The first-order chi connectivity index (χ1) is 7.60. The van der Waals surface area contributed by atoms with Gasteiger partial charge in [0.1, 0.15) is 0 Å². The van der Waals surface area contributed by atoms with Crippen molar-refractivity contribution >= 4 is 17.3 Å². The second kappa shape index (κ2) is 5.92. The van der Waals surface area contributed by atoms with E-state index in [0.29, 0.717) is 11.1 Å². The molecule has 0 aliphatic carbocycles. The van der Waals surface area contributed by atoms with Crippen LogP contribution >= 0.6 is 11.6 Å². The fourth-order valence-corrected chi connectivity index (χ4v) is 1.83. The van der Waals surface area contributed by atoms with Crippen LogP contribution in [0.5, 0.6) is 0 Å². The van der Waals surface area contributed by atoms with E-state index in [9.17, 15) is 5.11 Å². The third-order valence-corrected chi connectivity index (χ3v) is 2.71. The number of aliphatic hydroxyl groups excluding tert-OH is 1. The Morgan fingerprint density at radius 3 is 2.69 bits per heavy atom. The Morgan fingerprint density at radius 1 is 1.50 bits per heavy atom. The molecule has 3 heteroatoms. The zero-order valence-electron chi connectivity index (χ0n) is 9.78. The largest absolute Gasteiger partial charge is 0.392 e. The van der Waals surface area contributed by atoms with Gasteiger partial charge in [-0.15, -0.1) is 6.58 Å². The number of rotatable bonds is 5. The molecule has 1 N–H and O–H groups in total. The van der Waals surface area contributed by atoms with Gasteiger partial charge in [0.2, 0.25) is 0 Å². The molecule has 0 spiro atoms. The molecule has 1 aromatic rings. The summed E-state index contributed by atoms with van der Waals surface area (Å²) in [5, 5.41) is 9.99. The molecule has 0 saturated carbocycles. The number of anilines is 1. The van der Waals surface area contributed by atoms with E-state index < -0.39 is 0 Å². The quantitative estimate of drug-likeness (QED) is 0.798. The van der Waals surface area contributed by atoms with Gasteiger partial charge in [0.25, 0.3) is 0 Å². The van der Waals surface area contributed by atoms with Crippen molar-refractivity contribution in [3.63, 3.8) is 0 Å². The smallest absolute Gasteiger partial charge is 0.0702 e. The van der Waals surface area contributed by atoms with E-state index in [1.54, 1.807) is 6.07 Å². The van der Waals surface area contributed by atoms with E-state index in [4.69, 9.17) is 11.6 Å². The predicted molar refractivity (Wildman–Crippen MR) is 70.1 cm³/mol. The van der Waals surface area contributed by atoms with Crippen LogP contribution in [0.1, 0.15) is 19.4 Å². The van der Waals surface area contributed by atoms with Gasteiger partial charge < -0.3 is 10.0 Å². The molecule has 0 aliphatic rings. The summed E-state index contributed by atoms with van der Waals surface area (Å²) >= 11 is 5.99. The van der Waals surface area contributed by atoms with E-state index in [1.807, 2.05) is 18.2 Å². The first-order valence-electron chi connectivity index (χ1n) is 5.37. The average Bonchev–Trinajstić information content (AvgIpc) is 2.25. The lowest BCUT2D eigenvalue weighted by atomic mass is 10.1. The van der Waals surface area contributed by atoms with Crippen LogP contribution in [0.2, 0.25) is 5.02 Å². The Bertz CT molecular complexity index is 363. The summed E-state index contributed by atoms with van der Waals surface area (Å²) < 4.78 is 0. The van der Waals surface area contributed by atoms with Gasteiger partial charge in [0, 0.05) is 28.9 Å². The summed E-state index contributed by atoms with van der Waals surface area (Å²) in [6, 6.07) is 5.87. The molecule has 0 radical (unpaired) electrons.